The molecule has 0 saturated carbocycles. The molecule has 0 unspecified atom stereocenters. The summed E-state index contributed by atoms with van der Waals surface area (Å²) in [5.74, 6) is 0. The van der Waals surface area contributed by atoms with Gasteiger partial charge in [-0.3, -0.25) is 0 Å². The Morgan fingerprint density at radius 2 is 1.73 bits per heavy atom. The summed E-state index contributed by atoms with van der Waals surface area (Å²) in [4.78, 5) is -0.549. The molecule has 0 heterocycles. The summed E-state index contributed by atoms with van der Waals surface area (Å²) in [6.45, 7) is 0. The van der Waals surface area contributed by atoms with Crippen LogP contribution in [0.1, 0.15) is 5.56 Å². The van der Waals surface area contributed by atoms with Crippen molar-refractivity contribution >= 4 is 10.0 Å². The van der Waals surface area contributed by atoms with Crippen LogP contribution in [-0.4, -0.2) is 8.42 Å². The molecule has 15 heavy (non-hydrogen) atoms. The van der Waals surface area contributed by atoms with Gasteiger partial charge in [-0.25, -0.2) is 13.6 Å². The van der Waals surface area contributed by atoms with Crippen LogP contribution in [-0.2, 0) is 16.2 Å². The molecular formula is C7H6F3KNO2S+. The SMILES string of the molecule is NS(=O)(=O)c1cccc(C(F)(F)F)c1.[K+]. The zero-order chi connectivity index (χ0) is 11.0. The van der Waals surface area contributed by atoms with Gasteiger partial charge in [-0.05, 0) is 18.2 Å². The minimum atomic E-state index is -4.57. The molecule has 0 saturated heterocycles. The van der Waals surface area contributed by atoms with Crippen LogP contribution in [0.25, 0.3) is 0 Å². The zero-order valence-corrected chi connectivity index (χ0v) is 11.7. The molecular weight excluding hydrogens is 258 g/mol. The molecule has 0 aliphatic rings. The molecule has 0 radical (unpaired) electrons. The van der Waals surface area contributed by atoms with Gasteiger partial charge in [-0.15, -0.1) is 0 Å². The maximum atomic E-state index is 12.1. The minimum absolute atomic E-state index is 0. The van der Waals surface area contributed by atoms with Crippen LogP contribution in [0, 0.1) is 0 Å². The van der Waals surface area contributed by atoms with Gasteiger partial charge in [0.1, 0.15) is 0 Å². The van der Waals surface area contributed by atoms with Gasteiger partial charge < -0.3 is 0 Å². The average molecular weight is 264 g/mol. The second kappa shape index (κ2) is 5.26. The van der Waals surface area contributed by atoms with Crippen molar-refractivity contribution in [1.29, 1.82) is 0 Å². The normalized spacial score (nSPS) is 12.0. The Hall–Kier alpha value is 0.556. The predicted octanol–water partition coefficient (Wildman–Crippen LogP) is -1.64. The van der Waals surface area contributed by atoms with Crippen molar-refractivity contribution in [2.75, 3.05) is 0 Å². The van der Waals surface area contributed by atoms with Crippen molar-refractivity contribution in [2.45, 2.75) is 11.1 Å². The van der Waals surface area contributed by atoms with Crippen LogP contribution in [0.5, 0.6) is 0 Å². The fraction of sp³-hybridized carbons (Fsp3) is 0.143. The Labute approximate surface area is 127 Å². The summed E-state index contributed by atoms with van der Waals surface area (Å²) >= 11 is 0. The van der Waals surface area contributed by atoms with Crippen molar-refractivity contribution in [3.05, 3.63) is 29.8 Å². The molecule has 0 fully saturated rings. The number of primary sulfonamides is 1. The van der Waals surface area contributed by atoms with Gasteiger partial charge in [0.25, 0.3) is 0 Å². The first-order chi connectivity index (χ1) is 6.21. The van der Waals surface area contributed by atoms with Gasteiger partial charge in [0.15, 0.2) is 0 Å². The summed E-state index contributed by atoms with van der Waals surface area (Å²) in [5, 5.41) is 4.67. The molecule has 1 aromatic carbocycles. The number of benzene rings is 1. The van der Waals surface area contributed by atoms with E-state index in [1.54, 1.807) is 0 Å². The van der Waals surface area contributed by atoms with Crippen molar-refractivity contribution < 1.29 is 73.0 Å². The first kappa shape index (κ1) is 15.6. The summed E-state index contributed by atoms with van der Waals surface area (Å²) in [5.41, 5.74) is -1.04. The third-order valence-corrected chi connectivity index (χ3v) is 2.40. The van der Waals surface area contributed by atoms with Crippen LogP contribution >= 0.6 is 0 Å². The van der Waals surface area contributed by atoms with Crippen LogP contribution < -0.4 is 56.5 Å². The van der Waals surface area contributed by atoms with E-state index in [0.717, 1.165) is 18.2 Å². The van der Waals surface area contributed by atoms with Gasteiger partial charge in [0.2, 0.25) is 10.0 Å². The molecule has 0 aliphatic carbocycles. The third kappa shape index (κ3) is 4.51. The van der Waals surface area contributed by atoms with Crippen LogP contribution in [0.2, 0.25) is 0 Å². The number of hydrogen-bond acceptors (Lipinski definition) is 2. The Balaban J connectivity index is 0.00000196. The molecule has 2 N–H and O–H groups in total. The van der Waals surface area contributed by atoms with E-state index < -0.39 is 26.7 Å². The number of hydrogen-bond donors (Lipinski definition) is 1. The summed E-state index contributed by atoms with van der Waals surface area (Å²) in [6, 6.07) is 3.26. The van der Waals surface area contributed by atoms with E-state index in [2.05, 4.69) is 5.14 Å². The number of alkyl halides is 3. The maximum absolute atomic E-state index is 12.1. The van der Waals surface area contributed by atoms with E-state index in [4.69, 9.17) is 0 Å². The molecule has 0 bridgehead atoms. The minimum Gasteiger partial charge on any atom is -0.225 e. The number of rotatable bonds is 1. The molecule has 8 heteroatoms. The van der Waals surface area contributed by atoms with E-state index in [9.17, 15) is 21.6 Å². The molecule has 78 valence electrons. The van der Waals surface area contributed by atoms with E-state index in [1.165, 1.54) is 0 Å². The van der Waals surface area contributed by atoms with Gasteiger partial charge >= 0.3 is 57.6 Å². The van der Waals surface area contributed by atoms with Gasteiger partial charge in [0, 0.05) is 0 Å². The molecule has 3 nitrogen and oxygen atoms in total. The summed E-state index contributed by atoms with van der Waals surface area (Å²) in [6.07, 6.45) is -4.57. The second-order valence-corrected chi connectivity index (χ2v) is 4.13. The molecule has 0 amide bonds. The fourth-order valence-electron chi connectivity index (χ4n) is 0.849. The third-order valence-electron chi connectivity index (χ3n) is 1.49. The van der Waals surface area contributed by atoms with Gasteiger partial charge in [-0.2, -0.15) is 13.2 Å². The maximum Gasteiger partial charge on any atom is 1.00 e. The Morgan fingerprint density at radius 3 is 2.13 bits per heavy atom. The van der Waals surface area contributed by atoms with Crippen molar-refractivity contribution in [2.24, 2.45) is 5.14 Å². The summed E-state index contributed by atoms with van der Waals surface area (Å²) in [7, 11) is -4.09. The fourth-order valence-corrected chi connectivity index (χ4v) is 1.41. The molecule has 1 rings (SSSR count). The van der Waals surface area contributed by atoms with Crippen molar-refractivity contribution in [3.63, 3.8) is 0 Å². The average Bonchev–Trinajstić information content (AvgIpc) is 2.01. The number of sulfonamides is 1. The van der Waals surface area contributed by atoms with Crippen LogP contribution in [0.3, 0.4) is 0 Å². The summed E-state index contributed by atoms with van der Waals surface area (Å²) < 4.78 is 57.8. The number of halogens is 3. The number of nitrogens with two attached hydrogens (primary N) is 1. The molecule has 0 aromatic heterocycles. The molecule has 1 aromatic rings. The molecule has 0 spiro atoms. The topological polar surface area (TPSA) is 60.2 Å². The monoisotopic (exact) mass is 264 g/mol. The Morgan fingerprint density at radius 1 is 1.20 bits per heavy atom. The van der Waals surface area contributed by atoms with Crippen molar-refractivity contribution in [3.8, 4) is 0 Å². The Bertz CT molecular complexity index is 444. The standard InChI is InChI=1S/C7H6F3NO2S.K/c8-7(9,10)5-2-1-3-6(4-5)14(11,12)13;/h1-4H,(H2,11,12,13);/q;+1. The quantitative estimate of drug-likeness (QED) is 0.618. The van der Waals surface area contributed by atoms with E-state index in [-0.39, 0.29) is 51.4 Å². The van der Waals surface area contributed by atoms with Gasteiger partial charge in [-0.1, -0.05) is 6.07 Å². The molecule has 0 atom stereocenters. The second-order valence-electron chi connectivity index (χ2n) is 2.57. The van der Waals surface area contributed by atoms with E-state index in [1.807, 2.05) is 0 Å². The molecule has 0 aliphatic heterocycles. The predicted molar refractivity (Wildman–Crippen MR) is 42.8 cm³/mol. The van der Waals surface area contributed by atoms with Crippen molar-refractivity contribution in [1.82, 2.24) is 0 Å². The largest absolute Gasteiger partial charge is 1.00 e. The first-order valence-corrected chi connectivity index (χ1v) is 4.96. The smallest absolute Gasteiger partial charge is 0.225 e. The van der Waals surface area contributed by atoms with Crippen LogP contribution in [0.15, 0.2) is 29.2 Å². The zero-order valence-electron chi connectivity index (χ0n) is 7.75. The Kier molecular flexibility index (Phi) is 5.45. The van der Waals surface area contributed by atoms with E-state index in [0.29, 0.717) is 6.07 Å². The van der Waals surface area contributed by atoms with Crippen LogP contribution in [0.4, 0.5) is 13.2 Å². The first-order valence-electron chi connectivity index (χ1n) is 3.41. The van der Waals surface area contributed by atoms with E-state index >= 15 is 0 Å². The van der Waals surface area contributed by atoms with Gasteiger partial charge in [0.05, 0.1) is 10.5 Å².